The number of fused-ring (bicyclic) bond motifs is 8. The lowest BCUT2D eigenvalue weighted by atomic mass is 9.73. The molecular formula is C43H57N4O10P. The van der Waals surface area contributed by atoms with Crippen LogP contribution in [-0.2, 0) is 9.09 Å². The van der Waals surface area contributed by atoms with Gasteiger partial charge in [-0.25, -0.2) is 4.57 Å². The van der Waals surface area contributed by atoms with Gasteiger partial charge in [0.05, 0.1) is 50.7 Å². The van der Waals surface area contributed by atoms with Crippen LogP contribution in [0.25, 0.3) is 21.8 Å². The zero-order chi connectivity index (χ0) is 41.6. The number of phosphoric ester groups is 1. The summed E-state index contributed by atoms with van der Waals surface area (Å²) in [7, 11) is -1.18. The lowest BCUT2D eigenvalue weighted by Gasteiger charge is -2.50. The molecule has 15 heteroatoms. The maximum absolute atomic E-state index is 11.2. The average molecular weight is 821 g/mol. The van der Waals surface area contributed by atoms with Crippen LogP contribution in [0.5, 0.6) is 11.5 Å². The number of aliphatic hydroxyl groups excluding tert-OH is 4. The molecule has 4 bridgehead atoms. The second-order valence-corrected chi connectivity index (χ2v) is 16.8. The first-order chi connectivity index (χ1) is 27.9. The normalized spacial score (nSPS) is 27.7. The summed E-state index contributed by atoms with van der Waals surface area (Å²) in [5, 5.41) is 40.9. The van der Waals surface area contributed by atoms with E-state index in [9.17, 15) is 14.8 Å². The minimum Gasteiger partial charge on any atom is -0.497 e. The molecule has 0 aliphatic carbocycles. The Morgan fingerprint density at radius 2 is 1.22 bits per heavy atom. The van der Waals surface area contributed by atoms with Crippen LogP contribution in [0.2, 0.25) is 0 Å². The van der Waals surface area contributed by atoms with Crippen LogP contribution in [0.1, 0.15) is 49.0 Å². The molecule has 11 atom stereocenters. The first-order valence-corrected chi connectivity index (χ1v) is 21.3. The molecule has 0 saturated carbocycles. The third-order valence-corrected chi connectivity index (χ3v) is 12.8. The molecule has 14 nitrogen and oxygen atoms in total. The van der Waals surface area contributed by atoms with Crippen LogP contribution in [0.3, 0.4) is 0 Å². The Kier molecular flexibility index (Phi) is 14.7. The number of benzene rings is 2. The summed E-state index contributed by atoms with van der Waals surface area (Å²) in [6.45, 7) is 11.0. The predicted octanol–water partition coefficient (Wildman–Crippen LogP) is 4.80. The summed E-state index contributed by atoms with van der Waals surface area (Å²) < 4.78 is 24.5. The van der Waals surface area contributed by atoms with Crippen LogP contribution in [0.15, 0.2) is 86.2 Å². The maximum atomic E-state index is 11.2. The second-order valence-electron chi connectivity index (χ2n) is 15.6. The van der Waals surface area contributed by atoms with Crippen molar-refractivity contribution in [3.63, 3.8) is 0 Å². The Labute approximate surface area is 339 Å². The number of phosphoric acid groups is 1. The molecule has 314 valence electrons. The molecular weight excluding hydrogens is 763 g/mol. The highest BCUT2D eigenvalue weighted by molar-refractivity contribution is 7.46. The van der Waals surface area contributed by atoms with Gasteiger partial charge in [0.1, 0.15) is 17.6 Å². The quantitative estimate of drug-likeness (QED) is 0.0842. The average Bonchev–Trinajstić information content (AvgIpc) is 3.27. The van der Waals surface area contributed by atoms with Gasteiger partial charge in [-0.05, 0) is 122 Å². The van der Waals surface area contributed by atoms with Crippen LogP contribution < -0.4 is 9.47 Å². The summed E-state index contributed by atoms with van der Waals surface area (Å²) >= 11 is 0. The molecule has 6 aliphatic heterocycles. The molecule has 3 unspecified atom stereocenters. The van der Waals surface area contributed by atoms with Crippen molar-refractivity contribution in [3.8, 4) is 11.5 Å². The number of piperidine rings is 6. The fourth-order valence-electron chi connectivity index (χ4n) is 9.12. The summed E-state index contributed by atoms with van der Waals surface area (Å²) in [6, 6.07) is 15.9. The van der Waals surface area contributed by atoms with Crippen molar-refractivity contribution in [2.45, 2.75) is 56.1 Å². The molecule has 6 aliphatic rings. The number of nitrogens with zero attached hydrogens (tertiary/aromatic N) is 4. The third kappa shape index (κ3) is 10.1. The van der Waals surface area contributed by atoms with E-state index in [0.717, 1.165) is 83.5 Å². The van der Waals surface area contributed by atoms with Crippen molar-refractivity contribution in [1.82, 2.24) is 19.8 Å². The van der Waals surface area contributed by atoms with E-state index in [1.54, 1.807) is 26.6 Å². The van der Waals surface area contributed by atoms with Crippen molar-refractivity contribution in [1.29, 1.82) is 0 Å². The third-order valence-electron chi connectivity index (χ3n) is 12.3. The van der Waals surface area contributed by atoms with E-state index in [1.165, 1.54) is 12.8 Å². The van der Waals surface area contributed by atoms with Crippen molar-refractivity contribution in [2.24, 2.45) is 23.7 Å². The molecule has 6 N–H and O–H groups in total. The van der Waals surface area contributed by atoms with Gasteiger partial charge in [0, 0.05) is 48.3 Å². The maximum Gasteiger partial charge on any atom is 0.469 e. The Bertz CT molecular complexity index is 1940. The van der Waals surface area contributed by atoms with Crippen LogP contribution in [-0.4, -0.2) is 122 Å². The van der Waals surface area contributed by atoms with Gasteiger partial charge in [-0.3, -0.25) is 24.3 Å². The standard InChI is InChI=1S/2C20H24N2O2.C3H9O6P/c2*1-3-13-12-22-9-7-14(13)10-19(22)20(23)16-6-8-21-18-5-4-15(24-2)11-17(16)18;4-1-3(5)2-9-10(6,7)8/h2*3-6,8,11,13-14,19-20,23H,1,7,9-10,12H2,2H3;3-5H,1-2H2,(H2,6,7,8)/t2*13-,14+,19-,20+;/m00./s1. The van der Waals surface area contributed by atoms with Gasteiger partial charge < -0.3 is 39.7 Å². The second kappa shape index (κ2) is 19.5. The summed E-state index contributed by atoms with van der Waals surface area (Å²) in [6.07, 6.45) is 10.00. The van der Waals surface area contributed by atoms with Crippen molar-refractivity contribution in [2.75, 3.05) is 53.6 Å². The molecule has 6 fully saturated rings. The van der Waals surface area contributed by atoms with Crippen molar-refractivity contribution < 1.29 is 48.8 Å². The van der Waals surface area contributed by atoms with E-state index >= 15 is 0 Å². The summed E-state index contributed by atoms with van der Waals surface area (Å²) in [5.41, 5.74) is 3.69. The Morgan fingerprint density at radius 3 is 1.57 bits per heavy atom. The SMILES string of the molecule is C=C[C@H]1CN2CC[C@@H]1C[C@H]2[C@H](O)c1ccnc2ccc(OC)cc12.C=C[C@H]1CN2CC[C@@H]1C[C@H]2[C@H](O)c1ccnc2ccc(OC)cc12.O=P(O)(O)OCC(O)CO. The number of ether oxygens (including phenoxy) is 2. The zero-order valence-electron chi connectivity index (χ0n) is 33.2. The molecule has 2 aromatic heterocycles. The van der Waals surface area contributed by atoms with Crippen LogP contribution >= 0.6 is 7.82 Å². The van der Waals surface area contributed by atoms with Crippen molar-refractivity contribution >= 4 is 29.6 Å². The van der Waals surface area contributed by atoms with Crippen LogP contribution in [0.4, 0.5) is 0 Å². The molecule has 58 heavy (non-hydrogen) atoms. The topological polar surface area (TPSA) is 198 Å². The van der Waals surface area contributed by atoms with Gasteiger partial charge in [-0.15, -0.1) is 13.2 Å². The molecule has 4 aromatic rings. The predicted molar refractivity (Wildman–Crippen MR) is 221 cm³/mol. The molecule has 0 spiro atoms. The molecule has 2 aromatic carbocycles. The van der Waals surface area contributed by atoms with Crippen LogP contribution in [0, 0.1) is 23.7 Å². The smallest absolute Gasteiger partial charge is 0.469 e. The van der Waals surface area contributed by atoms with Gasteiger partial charge in [-0.2, -0.15) is 0 Å². The Hall–Kier alpha value is -3.79. The minimum absolute atomic E-state index is 0.178. The zero-order valence-corrected chi connectivity index (χ0v) is 34.1. The first-order valence-electron chi connectivity index (χ1n) is 19.8. The van der Waals surface area contributed by atoms with E-state index in [1.807, 2.05) is 48.5 Å². The number of hydrogen-bond acceptors (Lipinski definition) is 12. The van der Waals surface area contributed by atoms with Gasteiger partial charge in [0.25, 0.3) is 0 Å². The van der Waals surface area contributed by atoms with Gasteiger partial charge in [-0.1, -0.05) is 12.2 Å². The van der Waals surface area contributed by atoms with E-state index in [-0.39, 0.29) is 12.1 Å². The highest BCUT2D eigenvalue weighted by Crippen LogP contribution is 2.44. The highest BCUT2D eigenvalue weighted by atomic mass is 31.2. The number of aromatic nitrogens is 2. The molecule has 6 saturated heterocycles. The van der Waals surface area contributed by atoms with Gasteiger partial charge in [0.2, 0.25) is 0 Å². The lowest BCUT2D eigenvalue weighted by Crippen LogP contribution is -2.54. The first kappa shape index (κ1) is 43.8. The van der Waals surface area contributed by atoms with Crippen molar-refractivity contribution in [3.05, 3.63) is 97.4 Å². The summed E-state index contributed by atoms with van der Waals surface area (Å²) in [5.74, 6) is 4.01. The number of aliphatic hydroxyl groups is 4. The number of pyridine rings is 2. The van der Waals surface area contributed by atoms with E-state index in [4.69, 9.17) is 29.5 Å². The van der Waals surface area contributed by atoms with Gasteiger partial charge >= 0.3 is 7.82 Å². The number of methoxy groups -OCH3 is 2. The molecule has 0 amide bonds. The van der Waals surface area contributed by atoms with E-state index in [2.05, 4.69) is 49.6 Å². The monoisotopic (exact) mass is 820 g/mol. The number of hydrogen-bond donors (Lipinski definition) is 6. The lowest BCUT2D eigenvalue weighted by molar-refractivity contribution is -0.0445. The Balaban J connectivity index is 0.000000160. The fraction of sp³-hybridized carbons (Fsp3) is 0.488. The molecule has 8 heterocycles. The fourth-order valence-corrected chi connectivity index (χ4v) is 9.49. The van der Waals surface area contributed by atoms with E-state index in [0.29, 0.717) is 23.7 Å². The molecule has 10 rings (SSSR count). The molecule has 0 radical (unpaired) electrons. The van der Waals surface area contributed by atoms with Gasteiger partial charge in [0.15, 0.2) is 0 Å². The minimum atomic E-state index is -4.50. The summed E-state index contributed by atoms with van der Waals surface area (Å²) in [4.78, 5) is 29.8. The Morgan fingerprint density at radius 1 is 0.776 bits per heavy atom. The number of rotatable bonds is 12. The highest BCUT2D eigenvalue weighted by Gasteiger charge is 2.43. The largest absolute Gasteiger partial charge is 0.497 e. The van der Waals surface area contributed by atoms with E-state index < -0.39 is 39.3 Å².